The summed E-state index contributed by atoms with van der Waals surface area (Å²) in [6, 6.07) is 15.7. The average molecular weight is 553 g/mol. The van der Waals surface area contributed by atoms with E-state index in [-0.39, 0.29) is 28.9 Å². The van der Waals surface area contributed by atoms with Gasteiger partial charge in [0.25, 0.3) is 5.91 Å². The smallest absolute Gasteiger partial charge is 0.256 e. The van der Waals surface area contributed by atoms with Gasteiger partial charge in [-0.2, -0.15) is 0 Å². The lowest BCUT2D eigenvalue weighted by molar-refractivity contribution is -0.117. The molecule has 0 saturated carbocycles. The molecule has 1 aliphatic rings. The lowest BCUT2D eigenvalue weighted by Gasteiger charge is -2.31. The van der Waals surface area contributed by atoms with Crippen LogP contribution in [0.15, 0.2) is 69.6 Å². The van der Waals surface area contributed by atoms with Crippen LogP contribution in [0, 0.1) is 5.82 Å². The molecule has 2 amide bonds. The third-order valence-corrected chi connectivity index (χ3v) is 6.13. The van der Waals surface area contributed by atoms with E-state index in [0.717, 1.165) is 4.47 Å². The Hall–Kier alpha value is -2.22. The van der Waals surface area contributed by atoms with Gasteiger partial charge in [-0.15, -0.1) is 0 Å². The van der Waals surface area contributed by atoms with Gasteiger partial charge in [0, 0.05) is 20.2 Å². The van der Waals surface area contributed by atoms with Gasteiger partial charge in [0.05, 0.1) is 16.6 Å². The predicted octanol–water partition coefficient (Wildman–Crippen LogP) is 6.19. The summed E-state index contributed by atoms with van der Waals surface area (Å²) in [5.74, 6) is -1.12. The molecule has 4 nitrogen and oxygen atoms in total. The number of carbonyl (C=O) groups is 2. The second kappa shape index (κ2) is 8.49. The topological polar surface area (TPSA) is 49.4 Å². The van der Waals surface area contributed by atoms with Crippen molar-refractivity contribution in [2.75, 3.05) is 11.9 Å². The van der Waals surface area contributed by atoms with Gasteiger partial charge in [0.1, 0.15) is 12.4 Å². The zero-order chi connectivity index (χ0) is 21.4. The van der Waals surface area contributed by atoms with Crippen molar-refractivity contribution in [2.45, 2.75) is 6.04 Å². The van der Waals surface area contributed by atoms with E-state index >= 15 is 0 Å². The van der Waals surface area contributed by atoms with Gasteiger partial charge in [-0.3, -0.25) is 9.59 Å². The summed E-state index contributed by atoms with van der Waals surface area (Å²) < 4.78 is 15.1. The Bertz CT molecular complexity index is 1150. The van der Waals surface area contributed by atoms with Crippen molar-refractivity contribution in [3.63, 3.8) is 0 Å². The molecule has 0 aliphatic carbocycles. The van der Waals surface area contributed by atoms with Gasteiger partial charge in [-0.25, -0.2) is 4.39 Å². The first-order chi connectivity index (χ1) is 14.3. The van der Waals surface area contributed by atoms with Crippen LogP contribution in [0.25, 0.3) is 0 Å². The molecule has 0 aromatic heterocycles. The Labute approximate surface area is 194 Å². The fourth-order valence-corrected chi connectivity index (χ4v) is 4.43. The highest BCUT2D eigenvalue weighted by atomic mass is 79.9. The summed E-state index contributed by atoms with van der Waals surface area (Å²) in [5.41, 5.74) is 2.24. The summed E-state index contributed by atoms with van der Waals surface area (Å²) in [5, 5.41) is 3.13. The van der Waals surface area contributed by atoms with Crippen LogP contribution in [0.4, 0.5) is 10.1 Å². The molecule has 8 heteroatoms. The highest BCUT2D eigenvalue weighted by Gasteiger charge is 2.34. The third-order valence-electron chi connectivity index (χ3n) is 4.81. The van der Waals surface area contributed by atoms with Gasteiger partial charge in [0.15, 0.2) is 0 Å². The van der Waals surface area contributed by atoms with Crippen LogP contribution in [0.2, 0.25) is 5.02 Å². The van der Waals surface area contributed by atoms with Crippen LogP contribution < -0.4 is 5.32 Å². The average Bonchev–Trinajstić information content (AvgIpc) is 2.85. The monoisotopic (exact) mass is 550 g/mol. The molecule has 152 valence electrons. The van der Waals surface area contributed by atoms with Gasteiger partial charge in [0.2, 0.25) is 5.91 Å². The summed E-state index contributed by atoms with van der Waals surface area (Å²) >= 11 is 13.1. The minimum Gasteiger partial charge on any atom is -0.324 e. The molecule has 1 aliphatic heterocycles. The van der Waals surface area contributed by atoms with Crippen LogP contribution in [0.3, 0.4) is 0 Å². The lowest BCUT2D eigenvalue weighted by Crippen LogP contribution is -2.39. The van der Waals surface area contributed by atoms with Crippen molar-refractivity contribution in [3.05, 3.63) is 97.1 Å². The number of halogens is 4. The number of hydrogen-bond donors (Lipinski definition) is 1. The van der Waals surface area contributed by atoms with Crippen molar-refractivity contribution in [2.24, 2.45) is 0 Å². The molecule has 1 heterocycles. The van der Waals surface area contributed by atoms with E-state index in [4.69, 9.17) is 11.6 Å². The molecule has 3 aromatic rings. The van der Waals surface area contributed by atoms with E-state index in [1.54, 1.807) is 36.4 Å². The first-order valence-corrected chi connectivity index (χ1v) is 10.9. The molecule has 0 saturated heterocycles. The largest absolute Gasteiger partial charge is 0.324 e. The Morgan fingerprint density at radius 3 is 2.43 bits per heavy atom. The number of nitrogens with zero attached hydrogens (tertiary/aromatic N) is 1. The predicted molar refractivity (Wildman–Crippen MR) is 121 cm³/mol. The summed E-state index contributed by atoms with van der Waals surface area (Å²) in [7, 11) is 0. The normalized spacial score (nSPS) is 15.9. The number of anilines is 1. The molecule has 1 atom stereocenters. The van der Waals surface area contributed by atoms with Crippen LogP contribution in [-0.2, 0) is 4.79 Å². The zero-order valence-electron chi connectivity index (χ0n) is 15.3. The Balaban J connectivity index is 1.92. The second-order valence-electron chi connectivity index (χ2n) is 6.79. The molecule has 3 aromatic carbocycles. The number of rotatable bonds is 2. The fraction of sp³-hybridized carbons (Fsp3) is 0.0909. The molecule has 0 unspecified atom stereocenters. The fourth-order valence-electron chi connectivity index (χ4n) is 3.49. The van der Waals surface area contributed by atoms with E-state index in [9.17, 15) is 14.0 Å². The Morgan fingerprint density at radius 1 is 1.03 bits per heavy atom. The SMILES string of the molecule is O=C1CN(C(=O)c2cc(Br)ccc2Cl)[C@H](c2ccc(F)cc2)c2cc(Br)ccc2N1. The van der Waals surface area contributed by atoms with Gasteiger partial charge < -0.3 is 10.2 Å². The summed E-state index contributed by atoms with van der Waals surface area (Å²) in [4.78, 5) is 27.7. The van der Waals surface area contributed by atoms with Crippen LogP contribution in [-0.4, -0.2) is 23.3 Å². The van der Waals surface area contributed by atoms with Gasteiger partial charge >= 0.3 is 0 Å². The molecule has 0 fully saturated rings. The maximum absolute atomic E-state index is 13.6. The van der Waals surface area contributed by atoms with E-state index in [1.165, 1.54) is 17.0 Å². The number of hydrogen-bond acceptors (Lipinski definition) is 2. The number of benzene rings is 3. The Morgan fingerprint density at radius 2 is 1.70 bits per heavy atom. The Kier molecular flexibility index (Phi) is 5.95. The first kappa shape index (κ1) is 21.0. The maximum Gasteiger partial charge on any atom is 0.256 e. The van der Waals surface area contributed by atoms with Crippen LogP contribution in [0.1, 0.15) is 27.5 Å². The van der Waals surface area contributed by atoms with Gasteiger partial charge in [-0.1, -0.05) is 55.6 Å². The highest BCUT2D eigenvalue weighted by molar-refractivity contribution is 9.10. The second-order valence-corrected chi connectivity index (χ2v) is 9.03. The van der Waals surface area contributed by atoms with Crippen LogP contribution >= 0.6 is 43.5 Å². The minimum atomic E-state index is -0.625. The van der Waals surface area contributed by atoms with Crippen molar-refractivity contribution >= 4 is 61.0 Å². The van der Waals surface area contributed by atoms with Crippen LogP contribution in [0.5, 0.6) is 0 Å². The number of fused-ring (bicyclic) bond motifs is 1. The van der Waals surface area contributed by atoms with Crippen molar-refractivity contribution in [1.29, 1.82) is 0 Å². The lowest BCUT2D eigenvalue weighted by atomic mass is 9.95. The molecule has 0 radical (unpaired) electrons. The summed E-state index contributed by atoms with van der Waals surface area (Å²) in [6.45, 7) is -0.185. The number of nitrogens with one attached hydrogen (secondary N) is 1. The number of carbonyl (C=O) groups excluding carboxylic acids is 2. The molecular formula is C22H14Br2ClFN2O2. The first-order valence-electron chi connectivity index (χ1n) is 8.94. The van der Waals surface area contributed by atoms with Crippen molar-refractivity contribution in [3.8, 4) is 0 Å². The maximum atomic E-state index is 13.6. The molecular weight excluding hydrogens is 539 g/mol. The molecule has 1 N–H and O–H groups in total. The van der Waals surface area contributed by atoms with Gasteiger partial charge in [-0.05, 0) is 54.1 Å². The zero-order valence-corrected chi connectivity index (χ0v) is 19.3. The van der Waals surface area contributed by atoms with E-state index in [0.29, 0.717) is 21.3 Å². The van der Waals surface area contributed by atoms with E-state index in [2.05, 4.69) is 37.2 Å². The van der Waals surface area contributed by atoms with E-state index in [1.807, 2.05) is 12.1 Å². The molecule has 4 rings (SSSR count). The highest BCUT2D eigenvalue weighted by Crippen LogP contribution is 2.38. The minimum absolute atomic E-state index is 0.185. The molecule has 0 bridgehead atoms. The van der Waals surface area contributed by atoms with Crippen molar-refractivity contribution < 1.29 is 14.0 Å². The molecule has 30 heavy (non-hydrogen) atoms. The quantitative estimate of drug-likeness (QED) is 0.412. The summed E-state index contributed by atoms with van der Waals surface area (Å²) in [6.07, 6.45) is 0. The van der Waals surface area contributed by atoms with Crippen molar-refractivity contribution in [1.82, 2.24) is 4.90 Å². The molecule has 0 spiro atoms. The third kappa shape index (κ3) is 4.15. The van der Waals surface area contributed by atoms with E-state index < -0.39 is 11.9 Å². The number of amides is 2. The standard InChI is InChI=1S/C22H14Br2ClFN2O2/c23-13-3-7-18(25)16(9-13)22(30)28-11-20(29)27-19-8-4-14(24)10-17(19)21(28)12-1-5-15(26)6-2-12/h1-10,21H,11H2,(H,27,29)/t21-/m1/s1.